The van der Waals surface area contributed by atoms with Crippen molar-refractivity contribution in [2.45, 2.75) is 36.6 Å². The molecule has 1 aliphatic rings. The van der Waals surface area contributed by atoms with E-state index in [0.717, 1.165) is 20.9 Å². The van der Waals surface area contributed by atoms with Crippen LogP contribution in [0.5, 0.6) is 0 Å². The molecule has 1 saturated heterocycles. The van der Waals surface area contributed by atoms with Crippen LogP contribution >= 0.6 is 11.8 Å². The molecule has 3 aromatic rings. The third-order valence-corrected chi connectivity index (χ3v) is 8.23. The van der Waals surface area contributed by atoms with Crippen molar-refractivity contribution in [3.63, 3.8) is 0 Å². The minimum Gasteiger partial charge on any atom is -0.465 e. The van der Waals surface area contributed by atoms with Crippen molar-refractivity contribution in [1.82, 2.24) is 19.2 Å². The first-order valence-corrected chi connectivity index (χ1v) is 13.9. The normalized spacial score (nSPS) is 15.6. The molecule has 0 spiro atoms. The summed E-state index contributed by atoms with van der Waals surface area (Å²) in [7, 11) is -3.99. The average molecular weight is 561 g/mol. The van der Waals surface area contributed by atoms with Crippen molar-refractivity contribution < 1.29 is 27.5 Å². The number of sulfonamides is 1. The number of carbonyl (C=O) groups excluding carboxylic acids is 3. The van der Waals surface area contributed by atoms with Crippen molar-refractivity contribution in [3.05, 3.63) is 74.9 Å². The second-order valence-electron chi connectivity index (χ2n) is 8.28. The number of thioether (sulfide) groups is 1. The van der Waals surface area contributed by atoms with E-state index in [0.29, 0.717) is 5.56 Å². The topological polar surface area (TPSA) is 163 Å². The van der Waals surface area contributed by atoms with Gasteiger partial charge in [-0.1, -0.05) is 36.0 Å². The smallest absolute Gasteiger partial charge is 0.332 e. The molecule has 1 aromatic heterocycles. The van der Waals surface area contributed by atoms with Gasteiger partial charge in [0.25, 0.3) is 10.8 Å². The molecule has 14 heteroatoms. The molecule has 2 heterocycles. The number of benzene rings is 2. The fraction of sp³-hybridized carbons (Fsp3) is 0.292. The molecule has 2 amide bonds. The van der Waals surface area contributed by atoms with Crippen molar-refractivity contribution in [2.75, 3.05) is 13.2 Å². The number of ether oxygens (including phenoxy) is 1. The molecular formula is C24H24N4O8S2. The Kier molecular flexibility index (Phi) is 8.14. The summed E-state index contributed by atoms with van der Waals surface area (Å²) in [6.45, 7) is 0.820. The Labute approximate surface area is 221 Å². The predicted octanol–water partition coefficient (Wildman–Crippen LogP) is 0.599. The van der Waals surface area contributed by atoms with Gasteiger partial charge >= 0.3 is 11.7 Å². The van der Waals surface area contributed by atoms with E-state index in [4.69, 9.17) is 4.74 Å². The summed E-state index contributed by atoms with van der Waals surface area (Å²) in [5.41, 5.74) is -0.430. The summed E-state index contributed by atoms with van der Waals surface area (Å²) in [6.07, 6.45) is 0.263. The van der Waals surface area contributed by atoms with E-state index >= 15 is 0 Å². The molecule has 1 aliphatic heterocycles. The van der Waals surface area contributed by atoms with Crippen molar-refractivity contribution >= 4 is 49.8 Å². The summed E-state index contributed by atoms with van der Waals surface area (Å²) in [6, 6.07) is 12.1. The zero-order valence-corrected chi connectivity index (χ0v) is 21.8. The van der Waals surface area contributed by atoms with Gasteiger partial charge in [-0.3, -0.25) is 33.6 Å². The molecule has 1 unspecified atom stereocenters. The summed E-state index contributed by atoms with van der Waals surface area (Å²) < 4.78 is 34.9. The SMILES string of the molecule is CCOC(=O)Cn1c(=O)n(CCNS(=O)(=O)c2ccc(CC3SC(=O)NC3=O)cc2)c(=O)c2ccccc21. The van der Waals surface area contributed by atoms with Crippen molar-refractivity contribution in [2.24, 2.45) is 0 Å². The zero-order valence-electron chi connectivity index (χ0n) is 20.2. The summed E-state index contributed by atoms with van der Waals surface area (Å²) in [5.74, 6) is -1.03. The Morgan fingerprint density at radius 1 is 1.05 bits per heavy atom. The second-order valence-corrected chi connectivity index (χ2v) is 11.2. The van der Waals surface area contributed by atoms with Crippen LogP contribution in [0.3, 0.4) is 0 Å². The third-order valence-electron chi connectivity index (χ3n) is 5.77. The number of nitrogens with one attached hydrogen (secondary N) is 2. The summed E-state index contributed by atoms with van der Waals surface area (Å²) in [4.78, 5) is 61.1. The Bertz CT molecular complexity index is 1630. The quantitative estimate of drug-likeness (QED) is 0.338. The number of hydrogen-bond donors (Lipinski definition) is 2. The highest BCUT2D eigenvalue weighted by Crippen LogP contribution is 2.23. The number of rotatable bonds is 10. The van der Waals surface area contributed by atoms with Gasteiger partial charge in [-0.2, -0.15) is 0 Å². The van der Waals surface area contributed by atoms with Gasteiger partial charge in [0, 0.05) is 13.1 Å². The van der Waals surface area contributed by atoms with E-state index < -0.39 is 44.3 Å². The lowest BCUT2D eigenvalue weighted by Crippen LogP contribution is -2.43. The molecule has 0 radical (unpaired) electrons. The molecule has 1 fully saturated rings. The van der Waals surface area contributed by atoms with Crippen LogP contribution in [-0.2, 0) is 43.9 Å². The molecule has 2 aromatic carbocycles. The van der Waals surface area contributed by atoms with Gasteiger partial charge in [0.2, 0.25) is 15.9 Å². The number of amides is 2. The van der Waals surface area contributed by atoms with Gasteiger partial charge in [-0.15, -0.1) is 0 Å². The van der Waals surface area contributed by atoms with Gasteiger partial charge in [-0.25, -0.2) is 17.9 Å². The lowest BCUT2D eigenvalue weighted by atomic mass is 10.1. The third kappa shape index (κ3) is 5.87. The molecule has 1 atom stereocenters. The van der Waals surface area contributed by atoms with Crippen LogP contribution in [0.2, 0.25) is 0 Å². The molecular weight excluding hydrogens is 536 g/mol. The lowest BCUT2D eigenvalue weighted by molar-refractivity contribution is -0.143. The number of esters is 1. The van der Waals surface area contributed by atoms with Crippen LogP contribution in [-0.4, -0.2) is 53.1 Å². The van der Waals surface area contributed by atoms with Crippen molar-refractivity contribution in [1.29, 1.82) is 0 Å². The Morgan fingerprint density at radius 3 is 2.42 bits per heavy atom. The molecule has 4 rings (SSSR count). The van der Waals surface area contributed by atoms with Crippen LogP contribution in [0.4, 0.5) is 4.79 Å². The van der Waals surface area contributed by atoms with Crippen LogP contribution in [0.1, 0.15) is 12.5 Å². The number of nitrogens with zero attached hydrogens (tertiary/aromatic N) is 2. The fourth-order valence-corrected chi connectivity index (χ4v) is 5.86. The first-order chi connectivity index (χ1) is 18.1. The van der Waals surface area contributed by atoms with Gasteiger partial charge in [0.1, 0.15) is 6.54 Å². The molecule has 0 bridgehead atoms. The first kappa shape index (κ1) is 27.3. The first-order valence-electron chi connectivity index (χ1n) is 11.6. The summed E-state index contributed by atoms with van der Waals surface area (Å²) in [5, 5.41) is 1.42. The maximum atomic E-state index is 13.1. The standard InChI is InChI=1S/C24H24N4O8S2/c1-2-36-20(29)14-28-18-6-4-3-5-17(18)22(31)27(24(28)33)12-11-25-38(34,35)16-9-7-15(8-10-16)13-19-21(30)26-23(32)37-19/h3-10,19,25H,2,11-14H2,1H3,(H,26,30,32). The van der Waals surface area contributed by atoms with E-state index in [1.807, 2.05) is 0 Å². The fourth-order valence-electron chi connectivity index (χ4n) is 3.98. The minimum atomic E-state index is -3.99. The molecule has 0 saturated carbocycles. The minimum absolute atomic E-state index is 0.0496. The number of aromatic nitrogens is 2. The number of para-hydroxylation sites is 1. The Morgan fingerprint density at radius 2 is 1.76 bits per heavy atom. The average Bonchev–Trinajstić information content (AvgIpc) is 3.20. The zero-order chi connectivity index (χ0) is 27.4. The van der Waals surface area contributed by atoms with Crippen molar-refractivity contribution in [3.8, 4) is 0 Å². The highest BCUT2D eigenvalue weighted by Gasteiger charge is 2.31. The van der Waals surface area contributed by atoms with E-state index in [1.54, 1.807) is 37.3 Å². The molecule has 200 valence electrons. The van der Waals surface area contributed by atoms with Gasteiger partial charge < -0.3 is 4.74 Å². The highest BCUT2D eigenvalue weighted by molar-refractivity contribution is 8.15. The monoisotopic (exact) mass is 560 g/mol. The van der Waals surface area contributed by atoms with Crippen LogP contribution in [0.25, 0.3) is 10.9 Å². The molecule has 2 N–H and O–H groups in total. The van der Waals surface area contributed by atoms with E-state index in [2.05, 4.69) is 10.0 Å². The van der Waals surface area contributed by atoms with Gasteiger partial charge in [0.15, 0.2) is 0 Å². The molecule has 0 aliphatic carbocycles. The van der Waals surface area contributed by atoms with E-state index in [-0.39, 0.29) is 47.8 Å². The maximum absolute atomic E-state index is 13.1. The predicted molar refractivity (Wildman–Crippen MR) is 139 cm³/mol. The van der Waals surface area contributed by atoms with E-state index in [1.165, 1.54) is 18.2 Å². The molecule has 12 nitrogen and oxygen atoms in total. The Balaban J connectivity index is 1.49. The van der Waals surface area contributed by atoms with Gasteiger partial charge in [0.05, 0.1) is 27.7 Å². The number of imide groups is 1. The second kappa shape index (κ2) is 11.3. The largest absolute Gasteiger partial charge is 0.465 e. The Hall–Kier alpha value is -3.75. The number of fused-ring (bicyclic) bond motifs is 1. The van der Waals surface area contributed by atoms with Crippen LogP contribution < -0.4 is 21.3 Å². The number of carbonyl (C=O) groups is 3. The number of hydrogen-bond acceptors (Lipinski definition) is 9. The van der Waals surface area contributed by atoms with Crippen LogP contribution in [0, 0.1) is 0 Å². The van der Waals surface area contributed by atoms with Gasteiger partial charge in [-0.05, 0) is 43.2 Å². The van der Waals surface area contributed by atoms with Crippen LogP contribution in [0.15, 0.2) is 63.0 Å². The summed E-state index contributed by atoms with van der Waals surface area (Å²) >= 11 is 0.886. The highest BCUT2D eigenvalue weighted by atomic mass is 32.2. The maximum Gasteiger partial charge on any atom is 0.332 e. The lowest BCUT2D eigenvalue weighted by Gasteiger charge is -2.14. The van der Waals surface area contributed by atoms with E-state index in [9.17, 15) is 32.4 Å². The molecule has 38 heavy (non-hydrogen) atoms.